The van der Waals surface area contributed by atoms with Gasteiger partial charge >= 0.3 is 0 Å². The minimum Gasteiger partial charge on any atom is -0.324 e. The first kappa shape index (κ1) is 23.5. The Morgan fingerprint density at radius 3 is 2.46 bits per heavy atom. The molecule has 1 atom stereocenters. The lowest BCUT2D eigenvalue weighted by atomic mass is 9.78. The van der Waals surface area contributed by atoms with E-state index in [4.69, 9.17) is 20.8 Å². The van der Waals surface area contributed by atoms with Crippen molar-refractivity contribution in [2.75, 3.05) is 18.2 Å². The first-order valence-electron chi connectivity index (χ1n) is 11.3. The third-order valence-electron chi connectivity index (χ3n) is 6.06. The number of hydrogen-bond acceptors (Lipinski definition) is 6. The molecule has 1 aliphatic carbocycles. The number of benzene rings is 3. The van der Waals surface area contributed by atoms with Gasteiger partial charge < -0.3 is 5.32 Å². The van der Waals surface area contributed by atoms with E-state index in [1.807, 2.05) is 54.7 Å². The smallest absolute Gasteiger partial charge is 0.264 e. The third kappa shape index (κ3) is 5.37. The van der Waals surface area contributed by atoms with Gasteiger partial charge in [0.1, 0.15) is 0 Å². The molecule has 0 saturated carbocycles. The second-order valence-electron chi connectivity index (χ2n) is 8.53. The highest BCUT2D eigenvalue weighted by Gasteiger charge is 2.28. The lowest BCUT2D eigenvalue weighted by Crippen LogP contribution is -2.15. The zero-order valence-electron chi connectivity index (χ0n) is 19.1. The van der Waals surface area contributed by atoms with Crippen molar-refractivity contribution in [3.8, 4) is 11.3 Å². The maximum absolute atomic E-state index is 11.1. The molecule has 1 aromatic heterocycles. The first-order chi connectivity index (χ1) is 16.9. The van der Waals surface area contributed by atoms with E-state index >= 15 is 0 Å². The number of nitrogens with one attached hydrogen (secondary N) is 1. The molecule has 1 heterocycles. The van der Waals surface area contributed by atoms with Crippen molar-refractivity contribution in [2.45, 2.75) is 18.8 Å². The zero-order valence-corrected chi connectivity index (χ0v) is 20.7. The van der Waals surface area contributed by atoms with Gasteiger partial charge in [0.2, 0.25) is 5.95 Å². The number of rotatable bonds is 7. The molecule has 0 bridgehead atoms. The molecule has 4 aromatic rings. The fourth-order valence-corrected chi connectivity index (χ4v) is 5.08. The number of anilines is 2. The Balaban J connectivity index is 1.37. The van der Waals surface area contributed by atoms with Crippen molar-refractivity contribution in [2.24, 2.45) is 0 Å². The highest BCUT2D eigenvalue weighted by atomic mass is 35.5. The van der Waals surface area contributed by atoms with Crippen LogP contribution in [0.1, 0.15) is 28.2 Å². The van der Waals surface area contributed by atoms with Crippen LogP contribution in [0.15, 0.2) is 79.0 Å². The van der Waals surface area contributed by atoms with Crippen molar-refractivity contribution in [3.63, 3.8) is 0 Å². The van der Waals surface area contributed by atoms with Gasteiger partial charge in [-0.05, 0) is 53.3 Å². The van der Waals surface area contributed by atoms with Crippen molar-refractivity contribution in [1.29, 1.82) is 0 Å². The summed E-state index contributed by atoms with van der Waals surface area (Å²) in [4.78, 5) is 9.43. The molecule has 1 aliphatic rings. The highest BCUT2D eigenvalue weighted by Crippen LogP contribution is 2.43. The average molecular weight is 506 g/mol. The van der Waals surface area contributed by atoms with Crippen LogP contribution in [0.5, 0.6) is 0 Å². The van der Waals surface area contributed by atoms with E-state index in [0.717, 1.165) is 51.3 Å². The van der Waals surface area contributed by atoms with Crippen molar-refractivity contribution in [1.82, 2.24) is 9.97 Å². The number of halogens is 1. The van der Waals surface area contributed by atoms with Crippen LogP contribution in [0.2, 0.25) is 5.02 Å². The van der Waals surface area contributed by atoms with E-state index in [9.17, 15) is 8.42 Å². The summed E-state index contributed by atoms with van der Waals surface area (Å²) >= 11 is 6.55. The van der Waals surface area contributed by atoms with E-state index in [0.29, 0.717) is 12.4 Å². The number of hydrogen-bond donors (Lipinski definition) is 1. The van der Waals surface area contributed by atoms with Crippen LogP contribution in [-0.2, 0) is 27.1 Å². The summed E-state index contributed by atoms with van der Waals surface area (Å²) in [6, 6.07) is 24.0. The van der Waals surface area contributed by atoms with Gasteiger partial charge in [-0.15, -0.1) is 0 Å². The Bertz CT molecular complexity index is 1470. The first-order valence-corrected chi connectivity index (χ1v) is 13.5. The van der Waals surface area contributed by atoms with Crippen LogP contribution in [0.3, 0.4) is 0 Å². The molecule has 0 unspecified atom stereocenters. The van der Waals surface area contributed by atoms with E-state index in [1.165, 1.54) is 5.56 Å². The molecule has 1 N–H and O–H groups in total. The molecule has 178 valence electrons. The van der Waals surface area contributed by atoms with Crippen LogP contribution in [0, 0.1) is 0 Å². The van der Waals surface area contributed by atoms with Crippen molar-refractivity contribution in [3.05, 3.63) is 106 Å². The maximum atomic E-state index is 11.1. The van der Waals surface area contributed by atoms with Gasteiger partial charge in [0, 0.05) is 28.4 Å². The third-order valence-corrected chi connectivity index (χ3v) is 7.00. The molecule has 6 nitrogen and oxygen atoms in total. The lowest BCUT2D eigenvalue weighted by Gasteiger charge is -2.28. The van der Waals surface area contributed by atoms with Crippen molar-refractivity contribution < 1.29 is 12.6 Å². The van der Waals surface area contributed by atoms with Gasteiger partial charge in [0.05, 0.1) is 18.6 Å². The average Bonchev–Trinajstić information content (AvgIpc) is 2.84. The van der Waals surface area contributed by atoms with Crippen molar-refractivity contribution >= 4 is 33.4 Å². The molecule has 3 aromatic carbocycles. The molecular formula is C27H24ClN3O3S. The molecule has 0 fully saturated rings. The summed E-state index contributed by atoms with van der Waals surface area (Å²) in [5.74, 6) is 0.664. The topological polar surface area (TPSA) is 81.2 Å². The van der Waals surface area contributed by atoms with Gasteiger partial charge in [-0.25, -0.2) is 9.97 Å². The predicted molar refractivity (Wildman–Crippen MR) is 139 cm³/mol. The van der Waals surface area contributed by atoms with E-state index in [2.05, 4.69) is 34.6 Å². The van der Waals surface area contributed by atoms with Crippen LogP contribution in [-0.4, -0.2) is 31.2 Å². The van der Waals surface area contributed by atoms with Gasteiger partial charge in [0.15, 0.2) is 0 Å². The molecular weight excluding hydrogens is 482 g/mol. The van der Waals surface area contributed by atoms with Crippen LogP contribution < -0.4 is 5.32 Å². The predicted octanol–water partition coefficient (Wildman–Crippen LogP) is 5.75. The fourth-order valence-electron chi connectivity index (χ4n) is 4.43. The Morgan fingerprint density at radius 2 is 1.71 bits per heavy atom. The molecule has 0 saturated heterocycles. The molecule has 0 radical (unpaired) electrons. The summed E-state index contributed by atoms with van der Waals surface area (Å²) in [6.45, 7) is 0.119. The largest absolute Gasteiger partial charge is 0.324 e. The minimum atomic E-state index is -3.43. The minimum absolute atomic E-state index is 0.119. The molecule has 0 aliphatic heterocycles. The van der Waals surface area contributed by atoms with Crippen LogP contribution in [0.25, 0.3) is 11.3 Å². The van der Waals surface area contributed by atoms with Crippen LogP contribution in [0.4, 0.5) is 11.6 Å². The quantitative estimate of drug-likeness (QED) is 0.322. The summed E-state index contributed by atoms with van der Waals surface area (Å²) < 4.78 is 27.0. The zero-order chi connectivity index (χ0) is 24.4. The SMILES string of the molecule is CS(=O)(=O)OCCc1ccc(Nc2ncc3c(n2)-c2ccccc2[C@@H](c2ccccc2Cl)C3)cc1. The standard InChI is InChI=1S/C27H24ClN3O3S/c1-35(32,33)34-15-14-18-10-12-20(13-11-18)30-27-29-17-19-16-24(22-7-4-5-9-25(22)28)21-6-2-3-8-23(21)26(19)31-27/h2-13,17,24H,14-16H2,1H3,(H,29,30,31)/t24-/m0/s1. The van der Waals surface area contributed by atoms with E-state index in [-0.39, 0.29) is 12.5 Å². The van der Waals surface area contributed by atoms with Gasteiger partial charge in [-0.2, -0.15) is 8.42 Å². The lowest BCUT2D eigenvalue weighted by molar-refractivity contribution is 0.326. The fraction of sp³-hybridized carbons (Fsp3) is 0.185. The second kappa shape index (κ2) is 9.77. The van der Waals surface area contributed by atoms with E-state index in [1.54, 1.807) is 0 Å². The molecule has 0 spiro atoms. The summed E-state index contributed by atoms with van der Waals surface area (Å²) in [6.07, 6.45) is 4.22. The van der Waals surface area contributed by atoms with Crippen LogP contribution >= 0.6 is 11.6 Å². The Kier molecular flexibility index (Phi) is 6.56. The molecule has 8 heteroatoms. The maximum Gasteiger partial charge on any atom is 0.264 e. The Hall–Kier alpha value is -3.26. The summed E-state index contributed by atoms with van der Waals surface area (Å²) in [5.41, 5.74) is 7.23. The van der Waals surface area contributed by atoms with E-state index < -0.39 is 10.1 Å². The Morgan fingerprint density at radius 1 is 1.00 bits per heavy atom. The monoisotopic (exact) mass is 505 g/mol. The normalized spacial score (nSPS) is 14.7. The number of aromatic nitrogens is 2. The van der Waals surface area contributed by atoms with Gasteiger partial charge in [-0.1, -0.05) is 66.2 Å². The Labute approximate surface area is 210 Å². The summed E-state index contributed by atoms with van der Waals surface area (Å²) in [7, 11) is -3.43. The van der Waals surface area contributed by atoms with Gasteiger partial charge in [0.25, 0.3) is 10.1 Å². The summed E-state index contributed by atoms with van der Waals surface area (Å²) in [5, 5.41) is 4.04. The molecule has 35 heavy (non-hydrogen) atoms. The molecule has 5 rings (SSSR count). The number of nitrogens with zero attached hydrogens (tertiary/aromatic N) is 2. The van der Waals surface area contributed by atoms with Gasteiger partial charge in [-0.3, -0.25) is 4.18 Å². The molecule has 0 amide bonds. The number of fused-ring (bicyclic) bond motifs is 3. The second-order valence-corrected chi connectivity index (χ2v) is 10.6. The highest BCUT2D eigenvalue weighted by molar-refractivity contribution is 7.85.